The number of nitrogens with zero attached hydrogens (tertiary/aromatic N) is 3. The molecule has 0 atom stereocenters. The van der Waals surface area contributed by atoms with Crippen LogP contribution in [0.1, 0.15) is 50.9 Å². The van der Waals surface area contributed by atoms with Crippen molar-refractivity contribution < 1.29 is 0 Å². The van der Waals surface area contributed by atoms with E-state index in [1.54, 1.807) is 0 Å². The first-order valence-electron chi connectivity index (χ1n) is 6.78. The zero-order valence-corrected chi connectivity index (χ0v) is 12.5. The van der Waals surface area contributed by atoms with E-state index in [-0.39, 0.29) is 0 Å². The summed E-state index contributed by atoms with van der Waals surface area (Å²) in [6, 6.07) is 0. The topological polar surface area (TPSA) is 29.0 Å². The molecule has 18 heavy (non-hydrogen) atoms. The van der Waals surface area contributed by atoms with Crippen molar-refractivity contribution in [2.24, 2.45) is 5.92 Å². The van der Waals surface area contributed by atoms with Crippen molar-refractivity contribution >= 4 is 17.4 Å². The highest BCUT2D eigenvalue weighted by atomic mass is 35.5. The van der Waals surface area contributed by atoms with E-state index >= 15 is 0 Å². The van der Waals surface area contributed by atoms with Crippen molar-refractivity contribution in [1.82, 2.24) is 9.97 Å². The largest absolute Gasteiger partial charge is 0.356 e. The van der Waals surface area contributed by atoms with E-state index in [0.717, 1.165) is 36.2 Å². The normalized spacial score (nSPS) is 17.6. The molecule has 0 N–H and O–H groups in total. The van der Waals surface area contributed by atoms with E-state index in [9.17, 15) is 0 Å². The third-order valence-electron chi connectivity index (χ3n) is 3.68. The lowest BCUT2D eigenvalue weighted by Gasteiger charge is -2.32. The number of hydrogen-bond acceptors (Lipinski definition) is 3. The van der Waals surface area contributed by atoms with Crippen LogP contribution in [0.15, 0.2) is 0 Å². The molecule has 0 saturated carbocycles. The fraction of sp³-hybridized carbons (Fsp3) is 0.714. The molecule has 100 valence electrons. The van der Waals surface area contributed by atoms with Crippen LogP contribution < -0.4 is 4.90 Å². The molecule has 1 aromatic heterocycles. The highest BCUT2D eigenvalue weighted by molar-refractivity contribution is 6.30. The summed E-state index contributed by atoms with van der Waals surface area (Å²) in [5, 5.41) is 0.599. The molecule has 0 bridgehead atoms. The summed E-state index contributed by atoms with van der Waals surface area (Å²) in [4.78, 5) is 11.4. The molecular weight excluding hydrogens is 246 g/mol. The van der Waals surface area contributed by atoms with Gasteiger partial charge in [-0.2, -0.15) is 0 Å². The van der Waals surface area contributed by atoms with Gasteiger partial charge >= 0.3 is 0 Å². The third-order valence-corrected chi connectivity index (χ3v) is 4.05. The maximum Gasteiger partial charge on any atom is 0.137 e. The number of halogens is 1. The number of anilines is 1. The molecule has 0 unspecified atom stereocenters. The van der Waals surface area contributed by atoms with Gasteiger partial charge < -0.3 is 4.90 Å². The lowest BCUT2D eigenvalue weighted by Crippen LogP contribution is -2.34. The van der Waals surface area contributed by atoms with Gasteiger partial charge in [0.25, 0.3) is 0 Å². The summed E-state index contributed by atoms with van der Waals surface area (Å²) in [5.74, 6) is 3.01. The van der Waals surface area contributed by atoms with Gasteiger partial charge in [-0.1, -0.05) is 32.4 Å². The molecule has 1 aromatic rings. The van der Waals surface area contributed by atoms with Gasteiger partial charge in [0.05, 0.1) is 0 Å². The van der Waals surface area contributed by atoms with Crippen molar-refractivity contribution in [1.29, 1.82) is 0 Å². The van der Waals surface area contributed by atoms with Gasteiger partial charge in [0, 0.05) is 24.6 Å². The fourth-order valence-corrected chi connectivity index (χ4v) is 2.45. The van der Waals surface area contributed by atoms with Crippen LogP contribution in [0.3, 0.4) is 0 Å². The van der Waals surface area contributed by atoms with Crippen LogP contribution in [0.25, 0.3) is 0 Å². The Morgan fingerprint density at radius 2 is 1.83 bits per heavy atom. The van der Waals surface area contributed by atoms with Gasteiger partial charge in [-0.3, -0.25) is 0 Å². The number of piperidine rings is 1. The molecule has 1 saturated heterocycles. The van der Waals surface area contributed by atoms with E-state index in [0.29, 0.717) is 11.1 Å². The molecule has 0 aromatic carbocycles. The van der Waals surface area contributed by atoms with Crippen molar-refractivity contribution in [3.8, 4) is 0 Å². The van der Waals surface area contributed by atoms with Crippen LogP contribution in [-0.4, -0.2) is 23.1 Å². The van der Waals surface area contributed by atoms with Crippen molar-refractivity contribution in [3.05, 3.63) is 16.5 Å². The molecule has 3 nitrogen and oxygen atoms in total. The van der Waals surface area contributed by atoms with Gasteiger partial charge in [0.1, 0.15) is 16.8 Å². The standard InChI is InChI=1S/C14H22ClN3/c1-9(2)13-16-12(15)11(4)14(17-13)18-7-5-10(3)6-8-18/h9-10H,5-8H2,1-4H3. The van der Waals surface area contributed by atoms with E-state index < -0.39 is 0 Å². The monoisotopic (exact) mass is 267 g/mol. The SMILES string of the molecule is Cc1c(Cl)nc(C(C)C)nc1N1CCC(C)CC1. The van der Waals surface area contributed by atoms with Gasteiger partial charge in [-0.25, -0.2) is 9.97 Å². The highest BCUT2D eigenvalue weighted by Crippen LogP contribution is 2.28. The summed E-state index contributed by atoms with van der Waals surface area (Å²) < 4.78 is 0. The van der Waals surface area contributed by atoms with E-state index in [1.165, 1.54) is 12.8 Å². The molecule has 0 aliphatic carbocycles. The maximum atomic E-state index is 6.23. The Bertz CT molecular complexity index is 423. The predicted molar refractivity (Wildman–Crippen MR) is 76.5 cm³/mol. The van der Waals surface area contributed by atoms with Crippen molar-refractivity contribution in [3.63, 3.8) is 0 Å². The minimum absolute atomic E-state index is 0.311. The first-order chi connectivity index (χ1) is 8.49. The summed E-state index contributed by atoms with van der Waals surface area (Å²) >= 11 is 6.23. The minimum Gasteiger partial charge on any atom is -0.356 e. The van der Waals surface area contributed by atoms with Gasteiger partial charge in [0.2, 0.25) is 0 Å². The Morgan fingerprint density at radius 1 is 1.22 bits per heavy atom. The van der Waals surface area contributed by atoms with Crippen LogP contribution in [-0.2, 0) is 0 Å². The molecule has 2 rings (SSSR count). The second-order valence-electron chi connectivity index (χ2n) is 5.65. The van der Waals surface area contributed by atoms with Crippen molar-refractivity contribution in [2.75, 3.05) is 18.0 Å². The van der Waals surface area contributed by atoms with Crippen molar-refractivity contribution in [2.45, 2.75) is 46.5 Å². The second kappa shape index (κ2) is 5.43. The molecular formula is C14H22ClN3. The lowest BCUT2D eigenvalue weighted by molar-refractivity contribution is 0.435. The summed E-state index contributed by atoms with van der Waals surface area (Å²) in [5.41, 5.74) is 1.01. The number of rotatable bonds is 2. The van der Waals surface area contributed by atoms with E-state index in [4.69, 9.17) is 16.6 Å². The zero-order chi connectivity index (χ0) is 13.3. The first-order valence-corrected chi connectivity index (χ1v) is 7.15. The van der Waals surface area contributed by atoms with Gasteiger partial charge in [0.15, 0.2) is 0 Å². The third kappa shape index (κ3) is 2.77. The Balaban J connectivity index is 2.31. The van der Waals surface area contributed by atoms with Gasteiger partial charge in [-0.05, 0) is 25.7 Å². The average molecular weight is 268 g/mol. The molecule has 1 fully saturated rings. The van der Waals surface area contributed by atoms with Crippen LogP contribution >= 0.6 is 11.6 Å². The number of hydrogen-bond donors (Lipinski definition) is 0. The van der Waals surface area contributed by atoms with Crippen LogP contribution in [0, 0.1) is 12.8 Å². The number of aromatic nitrogens is 2. The van der Waals surface area contributed by atoms with E-state index in [1.807, 2.05) is 6.92 Å². The molecule has 4 heteroatoms. The fourth-order valence-electron chi connectivity index (χ4n) is 2.28. The Hall–Kier alpha value is -0.830. The Kier molecular flexibility index (Phi) is 4.10. The quantitative estimate of drug-likeness (QED) is 0.764. The molecule has 0 spiro atoms. The molecule has 0 radical (unpaired) electrons. The van der Waals surface area contributed by atoms with Gasteiger partial charge in [-0.15, -0.1) is 0 Å². The van der Waals surface area contributed by atoms with Crippen LogP contribution in [0.5, 0.6) is 0 Å². The van der Waals surface area contributed by atoms with Crippen LogP contribution in [0.2, 0.25) is 5.15 Å². The second-order valence-corrected chi connectivity index (χ2v) is 6.00. The Labute approximate surface area is 115 Å². The van der Waals surface area contributed by atoms with Crippen LogP contribution in [0.4, 0.5) is 5.82 Å². The minimum atomic E-state index is 0.311. The smallest absolute Gasteiger partial charge is 0.137 e. The first kappa shape index (κ1) is 13.6. The summed E-state index contributed by atoms with van der Waals surface area (Å²) in [6.07, 6.45) is 2.47. The van der Waals surface area contributed by atoms with E-state index in [2.05, 4.69) is 30.7 Å². The molecule has 1 aliphatic heterocycles. The predicted octanol–water partition coefficient (Wildman–Crippen LogP) is 3.80. The zero-order valence-electron chi connectivity index (χ0n) is 11.7. The molecule has 1 aliphatic rings. The highest BCUT2D eigenvalue weighted by Gasteiger charge is 2.21. The molecule has 2 heterocycles. The maximum absolute atomic E-state index is 6.23. The Morgan fingerprint density at radius 3 is 2.39 bits per heavy atom. The summed E-state index contributed by atoms with van der Waals surface area (Å²) in [6.45, 7) is 10.7. The average Bonchev–Trinajstić information content (AvgIpc) is 2.33. The summed E-state index contributed by atoms with van der Waals surface area (Å²) in [7, 11) is 0. The molecule has 0 amide bonds. The lowest BCUT2D eigenvalue weighted by atomic mass is 9.99.